The summed E-state index contributed by atoms with van der Waals surface area (Å²) in [5, 5.41) is 11.9. The van der Waals surface area contributed by atoms with Gasteiger partial charge in [0.15, 0.2) is 11.5 Å². The van der Waals surface area contributed by atoms with Gasteiger partial charge in [-0.15, -0.1) is 0 Å². The Morgan fingerprint density at radius 2 is 2.00 bits per heavy atom. The van der Waals surface area contributed by atoms with Crippen molar-refractivity contribution in [2.75, 3.05) is 13.7 Å². The van der Waals surface area contributed by atoms with Crippen LogP contribution in [0.1, 0.15) is 37.6 Å². The molecule has 128 valence electrons. The van der Waals surface area contributed by atoms with Crippen molar-refractivity contribution >= 4 is 23.5 Å². The molecule has 1 aromatic carbocycles. The molecule has 1 aromatic rings. The van der Waals surface area contributed by atoms with E-state index in [4.69, 9.17) is 26.2 Å². The van der Waals surface area contributed by atoms with E-state index in [2.05, 4.69) is 5.32 Å². The average Bonchev–Trinajstić information content (AvgIpc) is 2.49. The largest absolute Gasteiger partial charge is 0.493 e. The van der Waals surface area contributed by atoms with Crippen LogP contribution in [0, 0.1) is 5.92 Å². The average molecular weight is 344 g/mol. The third kappa shape index (κ3) is 5.03. The highest BCUT2D eigenvalue weighted by Gasteiger charge is 2.25. The molecule has 0 saturated heterocycles. The molecule has 1 rings (SSSR count). The summed E-state index contributed by atoms with van der Waals surface area (Å²) in [6.45, 7) is 5.86. The van der Waals surface area contributed by atoms with Crippen molar-refractivity contribution in [1.29, 1.82) is 0 Å². The minimum absolute atomic E-state index is 0.211. The fraction of sp³-hybridized carbons (Fsp3) is 0.500. The lowest BCUT2D eigenvalue weighted by Crippen LogP contribution is -2.44. The second kappa shape index (κ2) is 8.62. The van der Waals surface area contributed by atoms with Gasteiger partial charge in [0.05, 0.1) is 18.7 Å². The van der Waals surface area contributed by atoms with Crippen LogP contribution < -0.4 is 14.8 Å². The lowest BCUT2D eigenvalue weighted by atomic mass is 10.0. The Morgan fingerprint density at radius 3 is 2.48 bits per heavy atom. The molecule has 0 radical (unpaired) electrons. The van der Waals surface area contributed by atoms with E-state index in [1.165, 1.54) is 19.2 Å². The molecule has 0 bridgehead atoms. The van der Waals surface area contributed by atoms with Crippen LogP contribution in [0.25, 0.3) is 0 Å². The fourth-order valence-corrected chi connectivity index (χ4v) is 2.20. The number of halogens is 1. The highest BCUT2D eigenvalue weighted by Crippen LogP contribution is 2.36. The van der Waals surface area contributed by atoms with Crippen LogP contribution in [0.15, 0.2) is 12.1 Å². The van der Waals surface area contributed by atoms with Gasteiger partial charge < -0.3 is 19.9 Å². The summed E-state index contributed by atoms with van der Waals surface area (Å²) in [5.74, 6) is -1.18. The third-order valence-corrected chi connectivity index (χ3v) is 3.44. The molecule has 0 aliphatic rings. The van der Waals surface area contributed by atoms with Gasteiger partial charge in [0.1, 0.15) is 6.04 Å². The molecule has 0 aromatic heterocycles. The molecule has 0 saturated carbocycles. The van der Waals surface area contributed by atoms with Gasteiger partial charge in [0.2, 0.25) is 0 Å². The van der Waals surface area contributed by atoms with Gasteiger partial charge in [-0.05, 0) is 24.5 Å². The number of amides is 1. The van der Waals surface area contributed by atoms with Crippen LogP contribution in [0.5, 0.6) is 11.5 Å². The quantitative estimate of drug-likeness (QED) is 0.758. The van der Waals surface area contributed by atoms with Crippen LogP contribution in [-0.2, 0) is 4.79 Å². The molecule has 2 N–H and O–H groups in total. The number of carboxylic acids is 1. The van der Waals surface area contributed by atoms with Gasteiger partial charge in [0, 0.05) is 5.56 Å². The van der Waals surface area contributed by atoms with E-state index < -0.39 is 17.9 Å². The second-order valence-electron chi connectivity index (χ2n) is 5.37. The Labute approximate surface area is 140 Å². The molecule has 23 heavy (non-hydrogen) atoms. The van der Waals surface area contributed by atoms with Gasteiger partial charge in [-0.1, -0.05) is 32.4 Å². The van der Waals surface area contributed by atoms with E-state index in [1.54, 1.807) is 13.8 Å². The minimum Gasteiger partial charge on any atom is -0.493 e. The number of carbonyl (C=O) groups is 2. The summed E-state index contributed by atoms with van der Waals surface area (Å²) in [4.78, 5) is 23.5. The van der Waals surface area contributed by atoms with Crippen molar-refractivity contribution in [2.24, 2.45) is 5.92 Å². The molecular formula is C16H22ClNO5. The summed E-state index contributed by atoms with van der Waals surface area (Å²) in [7, 11) is 1.44. The maximum absolute atomic E-state index is 12.3. The molecule has 1 atom stereocenters. The number of methoxy groups -OCH3 is 1. The zero-order valence-corrected chi connectivity index (χ0v) is 14.4. The van der Waals surface area contributed by atoms with Gasteiger partial charge in [-0.3, -0.25) is 4.79 Å². The highest BCUT2D eigenvalue weighted by molar-refractivity contribution is 6.32. The third-order valence-electron chi connectivity index (χ3n) is 3.16. The van der Waals surface area contributed by atoms with Gasteiger partial charge >= 0.3 is 5.97 Å². The van der Waals surface area contributed by atoms with Crippen LogP contribution >= 0.6 is 11.6 Å². The summed E-state index contributed by atoms with van der Waals surface area (Å²) in [5.41, 5.74) is 0.211. The first-order chi connectivity index (χ1) is 10.8. The number of rotatable bonds is 8. The standard InChI is InChI=1S/C16H22ClNO5/c1-5-6-23-14-11(17)7-10(8-12(14)22-4)15(19)18-13(9(2)3)16(20)21/h7-9,13H,5-6H2,1-4H3,(H,18,19)(H,20,21). The molecule has 0 fully saturated rings. The number of ether oxygens (including phenoxy) is 2. The molecule has 6 nitrogen and oxygen atoms in total. The number of carboxylic acid groups (broad SMARTS) is 1. The van der Waals surface area contributed by atoms with Crippen molar-refractivity contribution in [1.82, 2.24) is 5.32 Å². The molecule has 0 aliphatic heterocycles. The second-order valence-corrected chi connectivity index (χ2v) is 5.78. The number of nitrogens with one attached hydrogen (secondary N) is 1. The zero-order valence-electron chi connectivity index (χ0n) is 13.7. The first kappa shape index (κ1) is 19.1. The summed E-state index contributed by atoms with van der Waals surface area (Å²) >= 11 is 6.15. The molecule has 1 amide bonds. The Bertz CT molecular complexity index is 574. The molecular weight excluding hydrogens is 322 g/mol. The lowest BCUT2D eigenvalue weighted by Gasteiger charge is -2.19. The highest BCUT2D eigenvalue weighted by atomic mass is 35.5. The van der Waals surface area contributed by atoms with Gasteiger partial charge in [0.25, 0.3) is 5.91 Å². The van der Waals surface area contributed by atoms with E-state index in [0.717, 1.165) is 6.42 Å². The Kier molecular flexibility index (Phi) is 7.16. The number of hydrogen-bond donors (Lipinski definition) is 2. The van der Waals surface area contributed by atoms with Crippen LogP contribution in [-0.4, -0.2) is 36.7 Å². The van der Waals surface area contributed by atoms with Crippen molar-refractivity contribution in [3.63, 3.8) is 0 Å². The van der Waals surface area contributed by atoms with Crippen molar-refractivity contribution in [2.45, 2.75) is 33.2 Å². The van der Waals surface area contributed by atoms with Gasteiger partial charge in [-0.25, -0.2) is 4.79 Å². The van der Waals surface area contributed by atoms with E-state index >= 15 is 0 Å². The Balaban J connectivity index is 3.06. The number of aliphatic carboxylic acids is 1. The topological polar surface area (TPSA) is 84.9 Å². The summed E-state index contributed by atoms with van der Waals surface area (Å²) in [6, 6.07) is 1.93. The first-order valence-electron chi connectivity index (χ1n) is 7.35. The lowest BCUT2D eigenvalue weighted by molar-refractivity contribution is -0.140. The molecule has 0 spiro atoms. The maximum Gasteiger partial charge on any atom is 0.326 e. The van der Waals surface area contributed by atoms with Crippen LogP contribution in [0.4, 0.5) is 0 Å². The summed E-state index contributed by atoms with van der Waals surface area (Å²) < 4.78 is 10.7. The predicted molar refractivity (Wildman–Crippen MR) is 87.5 cm³/mol. The molecule has 1 unspecified atom stereocenters. The van der Waals surface area contributed by atoms with E-state index in [0.29, 0.717) is 18.1 Å². The van der Waals surface area contributed by atoms with Crippen LogP contribution in [0.3, 0.4) is 0 Å². The molecule has 0 aliphatic carbocycles. The maximum atomic E-state index is 12.3. The smallest absolute Gasteiger partial charge is 0.326 e. The predicted octanol–water partition coefficient (Wildman–Crippen LogP) is 2.98. The van der Waals surface area contributed by atoms with E-state index in [9.17, 15) is 9.59 Å². The Morgan fingerprint density at radius 1 is 1.35 bits per heavy atom. The number of benzene rings is 1. The number of carbonyl (C=O) groups excluding carboxylic acids is 1. The van der Waals surface area contributed by atoms with Crippen molar-refractivity contribution in [3.05, 3.63) is 22.7 Å². The summed E-state index contributed by atoms with van der Waals surface area (Å²) in [6.07, 6.45) is 0.802. The Hall–Kier alpha value is -1.95. The van der Waals surface area contributed by atoms with Crippen LogP contribution in [0.2, 0.25) is 5.02 Å². The molecule has 7 heteroatoms. The zero-order chi connectivity index (χ0) is 17.6. The molecule has 0 heterocycles. The van der Waals surface area contributed by atoms with E-state index in [1.807, 2.05) is 6.92 Å². The van der Waals surface area contributed by atoms with E-state index in [-0.39, 0.29) is 16.5 Å². The fourth-order valence-electron chi connectivity index (χ4n) is 1.93. The normalized spacial score (nSPS) is 11.9. The number of hydrogen-bond acceptors (Lipinski definition) is 4. The monoisotopic (exact) mass is 343 g/mol. The van der Waals surface area contributed by atoms with Crippen molar-refractivity contribution < 1.29 is 24.2 Å². The van der Waals surface area contributed by atoms with Crippen molar-refractivity contribution in [3.8, 4) is 11.5 Å². The minimum atomic E-state index is -1.09. The van der Waals surface area contributed by atoms with Gasteiger partial charge in [-0.2, -0.15) is 0 Å². The SMILES string of the molecule is CCCOc1c(Cl)cc(C(=O)NC(C(=O)O)C(C)C)cc1OC. The first-order valence-corrected chi connectivity index (χ1v) is 7.73.